The average Bonchev–Trinajstić information content (AvgIpc) is 2.48. The van der Waals surface area contributed by atoms with Crippen LogP contribution in [0.4, 0.5) is 15.8 Å². The van der Waals surface area contributed by atoms with E-state index in [1.807, 2.05) is 13.0 Å². The fourth-order valence-corrected chi connectivity index (χ4v) is 2.24. The van der Waals surface area contributed by atoms with E-state index in [2.05, 4.69) is 5.32 Å². The number of hydrogen-bond acceptors (Lipinski definition) is 3. The summed E-state index contributed by atoms with van der Waals surface area (Å²) in [5, 5.41) is 14.1. The van der Waals surface area contributed by atoms with Crippen molar-refractivity contribution in [2.45, 2.75) is 19.4 Å². The van der Waals surface area contributed by atoms with Crippen LogP contribution < -0.4 is 5.32 Å². The SMILES string of the molecule is CCC(Nc1ccc(F)c(Cl)c1)c1cccc([N+](=O)[O-])c1. The maximum absolute atomic E-state index is 13.1. The zero-order valence-corrected chi connectivity index (χ0v) is 12.1. The lowest BCUT2D eigenvalue weighted by Gasteiger charge is -2.19. The first-order valence-corrected chi connectivity index (χ1v) is 6.85. The van der Waals surface area contributed by atoms with Crippen LogP contribution in [-0.4, -0.2) is 4.92 Å². The Morgan fingerprint density at radius 3 is 2.71 bits per heavy atom. The van der Waals surface area contributed by atoms with Gasteiger partial charge in [-0.25, -0.2) is 4.39 Å². The van der Waals surface area contributed by atoms with Gasteiger partial charge >= 0.3 is 0 Å². The molecular weight excluding hydrogens is 295 g/mol. The van der Waals surface area contributed by atoms with Gasteiger partial charge in [-0.1, -0.05) is 30.7 Å². The highest BCUT2D eigenvalue weighted by Gasteiger charge is 2.14. The third-order valence-corrected chi connectivity index (χ3v) is 3.44. The van der Waals surface area contributed by atoms with Crippen molar-refractivity contribution in [2.75, 3.05) is 5.32 Å². The molecule has 0 saturated heterocycles. The van der Waals surface area contributed by atoms with Gasteiger partial charge in [0.1, 0.15) is 5.82 Å². The van der Waals surface area contributed by atoms with Gasteiger partial charge in [0.15, 0.2) is 0 Å². The molecule has 6 heteroatoms. The van der Waals surface area contributed by atoms with Gasteiger partial charge in [-0.15, -0.1) is 0 Å². The van der Waals surface area contributed by atoms with Crippen molar-refractivity contribution >= 4 is 23.0 Å². The van der Waals surface area contributed by atoms with Gasteiger partial charge in [-0.2, -0.15) is 0 Å². The predicted molar refractivity (Wildman–Crippen MR) is 81.2 cm³/mol. The second-order valence-electron chi connectivity index (χ2n) is 4.59. The second kappa shape index (κ2) is 6.54. The molecule has 2 aromatic carbocycles. The van der Waals surface area contributed by atoms with E-state index in [0.29, 0.717) is 5.69 Å². The Balaban J connectivity index is 2.25. The summed E-state index contributed by atoms with van der Waals surface area (Å²) < 4.78 is 13.1. The zero-order chi connectivity index (χ0) is 15.4. The molecule has 0 saturated carbocycles. The molecule has 2 rings (SSSR count). The summed E-state index contributed by atoms with van der Waals surface area (Å²) in [6, 6.07) is 10.7. The van der Waals surface area contributed by atoms with E-state index in [4.69, 9.17) is 11.6 Å². The highest BCUT2D eigenvalue weighted by Crippen LogP contribution is 2.27. The summed E-state index contributed by atoms with van der Waals surface area (Å²) in [7, 11) is 0. The Bertz CT molecular complexity index is 664. The van der Waals surface area contributed by atoms with Crippen LogP contribution in [0.1, 0.15) is 24.9 Å². The summed E-state index contributed by atoms with van der Waals surface area (Å²) in [6.45, 7) is 1.96. The molecule has 0 radical (unpaired) electrons. The van der Waals surface area contributed by atoms with Crippen molar-refractivity contribution in [2.24, 2.45) is 0 Å². The lowest BCUT2D eigenvalue weighted by molar-refractivity contribution is -0.384. The van der Waals surface area contributed by atoms with E-state index >= 15 is 0 Å². The monoisotopic (exact) mass is 308 g/mol. The number of non-ortho nitro benzene ring substituents is 1. The molecule has 0 aliphatic heterocycles. The fraction of sp³-hybridized carbons (Fsp3) is 0.200. The van der Waals surface area contributed by atoms with Crippen molar-refractivity contribution in [3.8, 4) is 0 Å². The first-order chi connectivity index (χ1) is 10.0. The van der Waals surface area contributed by atoms with Crippen molar-refractivity contribution in [3.63, 3.8) is 0 Å². The Morgan fingerprint density at radius 1 is 1.33 bits per heavy atom. The van der Waals surface area contributed by atoms with E-state index in [1.165, 1.54) is 24.3 Å². The molecule has 1 atom stereocenters. The maximum atomic E-state index is 13.1. The Hall–Kier alpha value is -2.14. The molecule has 110 valence electrons. The molecule has 0 spiro atoms. The number of benzene rings is 2. The fourth-order valence-electron chi connectivity index (χ4n) is 2.06. The Kier molecular flexibility index (Phi) is 4.75. The molecule has 0 amide bonds. The van der Waals surface area contributed by atoms with Crippen LogP contribution in [0.15, 0.2) is 42.5 Å². The van der Waals surface area contributed by atoms with E-state index < -0.39 is 10.7 Å². The molecule has 2 aromatic rings. The maximum Gasteiger partial charge on any atom is 0.269 e. The highest BCUT2D eigenvalue weighted by molar-refractivity contribution is 6.31. The topological polar surface area (TPSA) is 55.2 Å². The number of rotatable bonds is 5. The summed E-state index contributed by atoms with van der Waals surface area (Å²) in [4.78, 5) is 10.4. The van der Waals surface area contributed by atoms with Crippen LogP contribution in [0.2, 0.25) is 5.02 Å². The van der Waals surface area contributed by atoms with E-state index in [0.717, 1.165) is 12.0 Å². The minimum atomic E-state index is -0.481. The van der Waals surface area contributed by atoms with Crippen molar-refractivity contribution in [1.29, 1.82) is 0 Å². The zero-order valence-electron chi connectivity index (χ0n) is 11.3. The Morgan fingerprint density at radius 2 is 2.10 bits per heavy atom. The van der Waals surface area contributed by atoms with Crippen LogP contribution in [0, 0.1) is 15.9 Å². The number of anilines is 1. The number of nitrogens with zero attached hydrogens (tertiary/aromatic N) is 1. The molecule has 0 aliphatic rings. The second-order valence-corrected chi connectivity index (χ2v) is 4.99. The molecule has 0 aromatic heterocycles. The van der Waals surface area contributed by atoms with Crippen LogP contribution >= 0.6 is 11.6 Å². The van der Waals surface area contributed by atoms with Gasteiger partial charge in [-0.05, 0) is 30.2 Å². The van der Waals surface area contributed by atoms with Crippen molar-refractivity contribution in [1.82, 2.24) is 0 Å². The summed E-state index contributed by atoms with van der Waals surface area (Å²) in [5.74, 6) is -0.481. The molecule has 0 heterocycles. The van der Waals surface area contributed by atoms with E-state index in [1.54, 1.807) is 12.1 Å². The van der Waals surface area contributed by atoms with Crippen LogP contribution in [0.25, 0.3) is 0 Å². The molecule has 1 unspecified atom stereocenters. The van der Waals surface area contributed by atoms with Gasteiger partial charge < -0.3 is 5.32 Å². The number of nitrogens with one attached hydrogen (secondary N) is 1. The molecule has 1 N–H and O–H groups in total. The largest absolute Gasteiger partial charge is 0.378 e. The highest BCUT2D eigenvalue weighted by atomic mass is 35.5. The van der Waals surface area contributed by atoms with Gasteiger partial charge in [0.05, 0.1) is 16.0 Å². The Labute approximate surface area is 126 Å². The smallest absolute Gasteiger partial charge is 0.269 e. The molecule has 0 aliphatic carbocycles. The summed E-state index contributed by atoms with van der Waals surface area (Å²) in [5.41, 5.74) is 1.51. The molecule has 4 nitrogen and oxygen atoms in total. The van der Waals surface area contributed by atoms with Crippen LogP contribution in [0.3, 0.4) is 0 Å². The normalized spacial score (nSPS) is 12.0. The lowest BCUT2D eigenvalue weighted by atomic mass is 10.0. The third kappa shape index (κ3) is 3.70. The summed E-state index contributed by atoms with van der Waals surface area (Å²) in [6.07, 6.45) is 0.718. The van der Waals surface area contributed by atoms with Crippen LogP contribution in [-0.2, 0) is 0 Å². The number of hydrogen-bond donors (Lipinski definition) is 1. The first kappa shape index (κ1) is 15.3. The first-order valence-electron chi connectivity index (χ1n) is 6.47. The quantitative estimate of drug-likeness (QED) is 0.628. The van der Waals surface area contributed by atoms with E-state index in [9.17, 15) is 14.5 Å². The summed E-state index contributed by atoms with van der Waals surface area (Å²) >= 11 is 5.75. The number of nitro benzene ring substituents is 1. The van der Waals surface area contributed by atoms with E-state index in [-0.39, 0.29) is 16.8 Å². The minimum absolute atomic E-state index is 0.0360. The number of halogens is 2. The van der Waals surface area contributed by atoms with Crippen LogP contribution in [0.5, 0.6) is 0 Å². The molecule has 0 fully saturated rings. The minimum Gasteiger partial charge on any atom is -0.378 e. The van der Waals surface area contributed by atoms with Crippen molar-refractivity contribution < 1.29 is 9.31 Å². The van der Waals surface area contributed by atoms with Crippen molar-refractivity contribution in [3.05, 3.63) is 69.0 Å². The molecule has 21 heavy (non-hydrogen) atoms. The third-order valence-electron chi connectivity index (χ3n) is 3.15. The average molecular weight is 309 g/mol. The van der Waals surface area contributed by atoms with Gasteiger partial charge in [0.25, 0.3) is 5.69 Å². The molecular formula is C15H14ClFN2O2. The van der Waals surface area contributed by atoms with Gasteiger partial charge in [0, 0.05) is 17.8 Å². The molecule has 0 bridgehead atoms. The van der Waals surface area contributed by atoms with Gasteiger partial charge in [0.2, 0.25) is 0 Å². The number of nitro groups is 1. The predicted octanol–water partition coefficient (Wildman–Crippen LogP) is 4.95. The van der Waals surface area contributed by atoms with Gasteiger partial charge in [-0.3, -0.25) is 10.1 Å². The standard InChI is InChI=1S/C15H14ClFN2O2/c1-2-15(10-4-3-5-12(8-10)19(20)21)18-11-6-7-14(17)13(16)9-11/h3-9,15,18H,2H2,1H3. The lowest BCUT2D eigenvalue weighted by Crippen LogP contribution is -2.10.